The van der Waals surface area contributed by atoms with Gasteiger partial charge in [-0.05, 0) is 35.4 Å². The zero-order chi connectivity index (χ0) is 20.6. The Hall–Kier alpha value is -3.34. The molecular weight excluding hydrogens is 388 g/mol. The third kappa shape index (κ3) is 3.68. The van der Waals surface area contributed by atoms with Crippen LogP contribution in [0.1, 0.15) is 28.4 Å². The molecular formula is C22H18N2O4S. The van der Waals surface area contributed by atoms with Crippen LogP contribution in [0.4, 0.5) is 0 Å². The fourth-order valence-corrected chi connectivity index (χ4v) is 4.27. The van der Waals surface area contributed by atoms with Gasteiger partial charge in [0.1, 0.15) is 17.6 Å². The van der Waals surface area contributed by atoms with Gasteiger partial charge >= 0.3 is 0 Å². The van der Waals surface area contributed by atoms with E-state index in [4.69, 9.17) is 14.6 Å². The number of nitrogens with two attached hydrogens (primary N) is 1. The van der Waals surface area contributed by atoms with Crippen molar-refractivity contribution in [2.75, 3.05) is 7.11 Å². The molecule has 0 aromatic heterocycles. The predicted octanol–water partition coefficient (Wildman–Crippen LogP) is 3.50. The largest absolute Gasteiger partial charge is 0.497 e. The van der Waals surface area contributed by atoms with E-state index in [1.807, 2.05) is 36.4 Å². The molecule has 0 saturated carbocycles. The molecule has 146 valence electrons. The Morgan fingerprint density at radius 2 is 1.93 bits per heavy atom. The van der Waals surface area contributed by atoms with Crippen molar-refractivity contribution >= 4 is 10.0 Å². The molecule has 0 saturated heterocycles. The molecule has 6 nitrogen and oxygen atoms in total. The number of primary sulfonamides is 1. The van der Waals surface area contributed by atoms with Gasteiger partial charge in [0.15, 0.2) is 0 Å². The van der Waals surface area contributed by atoms with Crippen LogP contribution in [0.2, 0.25) is 0 Å². The van der Waals surface area contributed by atoms with Crippen molar-refractivity contribution in [2.45, 2.75) is 11.9 Å². The summed E-state index contributed by atoms with van der Waals surface area (Å²) in [5.41, 5.74) is 4.20. The highest BCUT2D eigenvalue weighted by atomic mass is 32.2. The topological polar surface area (TPSA) is 102 Å². The quantitative estimate of drug-likeness (QED) is 0.714. The lowest BCUT2D eigenvalue weighted by molar-refractivity contribution is 0.243. The summed E-state index contributed by atoms with van der Waals surface area (Å²) >= 11 is 0. The maximum absolute atomic E-state index is 11.6. The molecule has 29 heavy (non-hydrogen) atoms. The molecule has 0 aliphatic carbocycles. The Kier molecular flexibility index (Phi) is 4.74. The first-order valence-electron chi connectivity index (χ1n) is 8.87. The molecule has 1 unspecified atom stereocenters. The van der Waals surface area contributed by atoms with Crippen LogP contribution in [0.15, 0.2) is 60.7 Å². The summed E-state index contributed by atoms with van der Waals surface area (Å²) in [5, 5.41) is 14.8. The summed E-state index contributed by atoms with van der Waals surface area (Å²) in [6.45, 7) is 0. The van der Waals surface area contributed by atoms with Crippen molar-refractivity contribution in [2.24, 2.45) is 5.14 Å². The second kappa shape index (κ2) is 7.24. The van der Waals surface area contributed by atoms with E-state index in [-0.39, 0.29) is 5.75 Å². The summed E-state index contributed by atoms with van der Waals surface area (Å²) in [6, 6.07) is 20.4. The molecule has 7 heteroatoms. The predicted molar refractivity (Wildman–Crippen MR) is 109 cm³/mol. The molecule has 1 atom stereocenters. The van der Waals surface area contributed by atoms with Gasteiger partial charge in [0, 0.05) is 16.7 Å². The molecule has 1 aliphatic heterocycles. The van der Waals surface area contributed by atoms with Crippen LogP contribution in [0, 0.1) is 11.3 Å². The molecule has 3 aromatic carbocycles. The van der Waals surface area contributed by atoms with Gasteiger partial charge in [0.25, 0.3) is 0 Å². The average Bonchev–Trinajstić information content (AvgIpc) is 2.71. The number of fused-ring (bicyclic) bond motifs is 3. The van der Waals surface area contributed by atoms with Crippen LogP contribution < -0.4 is 14.6 Å². The van der Waals surface area contributed by atoms with Crippen molar-refractivity contribution in [3.63, 3.8) is 0 Å². The summed E-state index contributed by atoms with van der Waals surface area (Å²) in [6.07, 6.45) is -0.484. The first-order chi connectivity index (χ1) is 13.9. The minimum absolute atomic E-state index is 0.280. The molecule has 0 radical (unpaired) electrons. The van der Waals surface area contributed by atoms with Crippen LogP contribution in [-0.4, -0.2) is 15.5 Å². The zero-order valence-electron chi connectivity index (χ0n) is 15.6. The van der Waals surface area contributed by atoms with Crippen molar-refractivity contribution in [3.8, 4) is 28.7 Å². The van der Waals surface area contributed by atoms with Crippen LogP contribution >= 0.6 is 0 Å². The second-order valence-electron chi connectivity index (χ2n) is 6.79. The molecule has 0 amide bonds. The molecule has 0 bridgehead atoms. The number of ether oxygens (including phenoxy) is 2. The van der Waals surface area contributed by atoms with Crippen LogP contribution in [0.3, 0.4) is 0 Å². The molecule has 1 heterocycles. The van der Waals surface area contributed by atoms with E-state index in [2.05, 4.69) is 6.07 Å². The third-order valence-corrected chi connectivity index (χ3v) is 5.56. The Morgan fingerprint density at radius 3 is 2.66 bits per heavy atom. The van der Waals surface area contributed by atoms with E-state index < -0.39 is 16.1 Å². The van der Waals surface area contributed by atoms with E-state index in [0.29, 0.717) is 28.2 Å². The monoisotopic (exact) mass is 406 g/mol. The molecule has 4 rings (SSSR count). The number of rotatable bonds is 4. The first kappa shape index (κ1) is 19.0. The standard InChI is InChI=1S/C22H18N2O4S/c1-27-17-6-2-4-15(11-17)22-19-10-14(13-29(24,25)26)8-9-18(19)21-16(12-23)5-3-7-20(21)28-22/h2-11,22H,13H2,1H3,(H2,24,25,26). The first-order valence-corrected chi connectivity index (χ1v) is 10.6. The maximum atomic E-state index is 11.6. The van der Waals surface area contributed by atoms with Crippen molar-refractivity contribution < 1.29 is 17.9 Å². The van der Waals surface area contributed by atoms with E-state index >= 15 is 0 Å². The number of methoxy groups -OCH3 is 1. The lowest BCUT2D eigenvalue weighted by Crippen LogP contribution is -2.18. The summed E-state index contributed by atoms with van der Waals surface area (Å²) < 4.78 is 34.8. The SMILES string of the molecule is COc1cccc(C2Oc3cccc(C#N)c3-c3ccc(CS(N)(=O)=O)cc32)c1. The van der Waals surface area contributed by atoms with Gasteiger partial charge in [-0.1, -0.05) is 36.4 Å². The number of sulfonamides is 1. The Morgan fingerprint density at radius 1 is 1.14 bits per heavy atom. The normalized spacial score (nSPS) is 14.9. The van der Waals surface area contributed by atoms with Gasteiger partial charge in [-0.15, -0.1) is 0 Å². The average molecular weight is 406 g/mol. The smallest absolute Gasteiger partial charge is 0.213 e. The van der Waals surface area contributed by atoms with Gasteiger partial charge < -0.3 is 9.47 Å². The maximum Gasteiger partial charge on any atom is 0.213 e. The molecule has 1 aliphatic rings. The Balaban J connectivity index is 1.94. The fraction of sp³-hybridized carbons (Fsp3) is 0.136. The number of nitriles is 1. The Bertz CT molecular complexity index is 1250. The highest BCUT2D eigenvalue weighted by Crippen LogP contribution is 2.46. The number of hydrogen-bond donors (Lipinski definition) is 1. The fourth-order valence-electron chi connectivity index (χ4n) is 3.62. The molecule has 3 aromatic rings. The summed E-state index contributed by atoms with van der Waals surface area (Å²) in [7, 11) is -2.09. The van der Waals surface area contributed by atoms with Crippen molar-refractivity contribution in [3.05, 3.63) is 82.9 Å². The van der Waals surface area contributed by atoms with Crippen molar-refractivity contribution in [1.29, 1.82) is 5.26 Å². The zero-order valence-corrected chi connectivity index (χ0v) is 16.4. The molecule has 0 spiro atoms. The van der Waals surface area contributed by atoms with E-state index in [0.717, 1.165) is 16.7 Å². The molecule has 2 N–H and O–H groups in total. The number of nitrogens with zero attached hydrogens (tertiary/aromatic N) is 1. The number of benzene rings is 3. The minimum Gasteiger partial charge on any atom is -0.497 e. The summed E-state index contributed by atoms with van der Waals surface area (Å²) in [5.74, 6) is 1.01. The lowest BCUT2D eigenvalue weighted by Gasteiger charge is -2.30. The van der Waals surface area contributed by atoms with E-state index in [9.17, 15) is 13.7 Å². The highest BCUT2D eigenvalue weighted by molar-refractivity contribution is 7.88. The third-order valence-electron chi connectivity index (χ3n) is 4.82. The van der Waals surface area contributed by atoms with Gasteiger partial charge in [-0.25, -0.2) is 13.6 Å². The van der Waals surface area contributed by atoms with E-state index in [1.165, 1.54) is 0 Å². The lowest BCUT2D eigenvalue weighted by atomic mass is 9.86. The van der Waals surface area contributed by atoms with Crippen LogP contribution in [-0.2, 0) is 15.8 Å². The van der Waals surface area contributed by atoms with Crippen LogP contribution in [0.5, 0.6) is 11.5 Å². The number of hydrogen-bond acceptors (Lipinski definition) is 5. The van der Waals surface area contributed by atoms with Gasteiger partial charge in [0.05, 0.1) is 24.5 Å². The Labute approximate surface area is 169 Å². The highest BCUT2D eigenvalue weighted by Gasteiger charge is 2.30. The van der Waals surface area contributed by atoms with Gasteiger partial charge in [-0.3, -0.25) is 0 Å². The van der Waals surface area contributed by atoms with Crippen LogP contribution in [0.25, 0.3) is 11.1 Å². The molecule has 0 fully saturated rings. The van der Waals surface area contributed by atoms with Gasteiger partial charge in [0.2, 0.25) is 10.0 Å². The van der Waals surface area contributed by atoms with Gasteiger partial charge in [-0.2, -0.15) is 5.26 Å². The van der Waals surface area contributed by atoms with E-state index in [1.54, 1.807) is 31.4 Å². The van der Waals surface area contributed by atoms with Crippen molar-refractivity contribution in [1.82, 2.24) is 0 Å². The minimum atomic E-state index is -3.68. The second-order valence-corrected chi connectivity index (χ2v) is 8.41. The summed E-state index contributed by atoms with van der Waals surface area (Å²) in [4.78, 5) is 0.